The van der Waals surface area contributed by atoms with Gasteiger partial charge in [0, 0.05) is 36.5 Å². The number of hydrogen-bond acceptors (Lipinski definition) is 4. The molecule has 3 aromatic rings. The molecule has 0 saturated heterocycles. The van der Waals surface area contributed by atoms with Gasteiger partial charge in [-0.05, 0) is 60.6 Å². The number of Topliss-reactive ketones (excluding diaryl/α,β-unsaturated/α-hetero) is 1. The molecule has 1 aliphatic rings. The first-order valence-electron chi connectivity index (χ1n) is 10.3. The minimum atomic E-state index is -1.31. The van der Waals surface area contributed by atoms with E-state index in [0.717, 1.165) is 42.9 Å². The van der Waals surface area contributed by atoms with Crippen LogP contribution in [0.4, 0.5) is 13.2 Å². The monoisotopic (exact) mass is 425 g/mol. The van der Waals surface area contributed by atoms with Gasteiger partial charge in [0.1, 0.15) is 11.5 Å². The number of nitrogens with two attached hydrogens (primary N) is 1. The Morgan fingerprint density at radius 3 is 2.77 bits per heavy atom. The summed E-state index contributed by atoms with van der Waals surface area (Å²) in [7, 11) is 0. The third-order valence-electron chi connectivity index (χ3n) is 5.75. The van der Waals surface area contributed by atoms with Crippen molar-refractivity contribution in [3.8, 4) is 11.3 Å². The second-order valence-corrected chi connectivity index (χ2v) is 7.96. The molecular weight excluding hydrogens is 403 g/mol. The van der Waals surface area contributed by atoms with Crippen molar-refractivity contribution in [2.24, 2.45) is 5.73 Å². The zero-order chi connectivity index (χ0) is 22.0. The number of rotatable bonds is 5. The van der Waals surface area contributed by atoms with Crippen molar-refractivity contribution in [3.05, 3.63) is 83.1 Å². The summed E-state index contributed by atoms with van der Waals surface area (Å²) in [4.78, 5) is 21.3. The highest BCUT2D eigenvalue weighted by molar-refractivity contribution is 5.96. The van der Waals surface area contributed by atoms with Gasteiger partial charge in [0.2, 0.25) is 0 Å². The van der Waals surface area contributed by atoms with Gasteiger partial charge in [-0.1, -0.05) is 12.5 Å². The van der Waals surface area contributed by atoms with Crippen LogP contribution in [-0.4, -0.2) is 21.8 Å². The molecule has 7 heteroatoms. The molecule has 2 atom stereocenters. The fraction of sp³-hybridized carbons (Fsp3) is 0.292. The van der Waals surface area contributed by atoms with Gasteiger partial charge in [-0.3, -0.25) is 9.78 Å². The average Bonchev–Trinajstić information content (AvgIpc) is 2.76. The molecule has 0 bridgehead atoms. The normalized spacial score (nSPS) is 18.7. The van der Waals surface area contributed by atoms with Crippen molar-refractivity contribution in [1.29, 1.82) is 0 Å². The van der Waals surface area contributed by atoms with Crippen LogP contribution in [0.5, 0.6) is 0 Å². The predicted molar refractivity (Wildman–Crippen MR) is 111 cm³/mol. The summed E-state index contributed by atoms with van der Waals surface area (Å²) in [6.45, 7) is 0. The number of hydrogen-bond donors (Lipinski definition) is 1. The number of aromatic nitrogens is 2. The predicted octanol–water partition coefficient (Wildman–Crippen LogP) is 4.97. The summed E-state index contributed by atoms with van der Waals surface area (Å²) in [5, 5.41) is 0. The summed E-state index contributed by atoms with van der Waals surface area (Å²) in [6.07, 6.45) is 7.39. The Morgan fingerprint density at radius 1 is 1.13 bits per heavy atom. The van der Waals surface area contributed by atoms with Gasteiger partial charge in [-0.2, -0.15) is 0 Å². The number of carbonyl (C=O) groups excluding carboxylic acids is 1. The van der Waals surface area contributed by atoms with Crippen LogP contribution in [0.25, 0.3) is 11.3 Å². The van der Waals surface area contributed by atoms with Crippen LogP contribution in [-0.2, 0) is 6.42 Å². The molecule has 0 amide bonds. The second-order valence-electron chi connectivity index (χ2n) is 7.96. The average molecular weight is 425 g/mol. The molecule has 1 aromatic carbocycles. The lowest BCUT2D eigenvalue weighted by Crippen LogP contribution is -2.27. The minimum absolute atomic E-state index is 0.00795. The van der Waals surface area contributed by atoms with Crippen LogP contribution >= 0.6 is 0 Å². The lowest BCUT2D eigenvalue weighted by Gasteiger charge is -2.28. The van der Waals surface area contributed by atoms with Gasteiger partial charge in [-0.25, -0.2) is 18.2 Å². The first kappa shape index (κ1) is 21.2. The zero-order valence-corrected chi connectivity index (χ0v) is 16.8. The van der Waals surface area contributed by atoms with Crippen LogP contribution in [0.1, 0.15) is 53.2 Å². The lowest BCUT2D eigenvalue weighted by atomic mass is 9.80. The summed E-state index contributed by atoms with van der Waals surface area (Å²) in [5.41, 5.74) is 7.76. The maximum Gasteiger partial charge on any atom is 0.185 e. The first-order chi connectivity index (χ1) is 14.9. The van der Waals surface area contributed by atoms with Gasteiger partial charge < -0.3 is 5.73 Å². The van der Waals surface area contributed by atoms with E-state index in [-0.39, 0.29) is 41.1 Å². The summed E-state index contributed by atoms with van der Waals surface area (Å²) in [6, 6.07) is 7.84. The van der Waals surface area contributed by atoms with E-state index in [1.54, 1.807) is 12.4 Å². The minimum Gasteiger partial charge on any atom is -0.328 e. The Balaban J connectivity index is 1.61. The van der Waals surface area contributed by atoms with Crippen LogP contribution in [0.2, 0.25) is 0 Å². The Labute approximate surface area is 178 Å². The maximum atomic E-state index is 14.2. The number of ketones is 1. The Kier molecular flexibility index (Phi) is 6.13. The van der Waals surface area contributed by atoms with E-state index in [9.17, 15) is 18.0 Å². The van der Waals surface area contributed by atoms with Crippen molar-refractivity contribution < 1.29 is 18.0 Å². The molecule has 1 aliphatic carbocycles. The summed E-state index contributed by atoms with van der Waals surface area (Å²) < 4.78 is 41.3. The van der Waals surface area contributed by atoms with E-state index < -0.39 is 17.5 Å². The Morgan fingerprint density at radius 2 is 1.97 bits per heavy atom. The number of halogens is 3. The van der Waals surface area contributed by atoms with Gasteiger partial charge in [-0.15, -0.1) is 0 Å². The highest BCUT2D eigenvalue weighted by Gasteiger charge is 2.24. The highest BCUT2D eigenvalue weighted by Crippen LogP contribution is 2.34. The van der Waals surface area contributed by atoms with Gasteiger partial charge in [0.15, 0.2) is 17.4 Å². The van der Waals surface area contributed by atoms with Crippen molar-refractivity contribution in [2.45, 2.75) is 44.1 Å². The molecule has 160 valence electrons. The molecule has 0 radical (unpaired) electrons. The van der Waals surface area contributed by atoms with E-state index in [1.165, 1.54) is 18.2 Å². The van der Waals surface area contributed by atoms with E-state index in [1.807, 2.05) is 6.07 Å². The Hall–Kier alpha value is -3.06. The SMILES string of the molecule is N[C@H]1CCC[C@@H](c2ccncc2CC(=O)c2cccc(-c3cc(F)cc(F)c3F)n2)C1. The van der Waals surface area contributed by atoms with E-state index in [4.69, 9.17) is 5.73 Å². The molecule has 1 fully saturated rings. The lowest BCUT2D eigenvalue weighted by molar-refractivity contribution is 0.0988. The molecule has 1 saturated carbocycles. The molecule has 2 aromatic heterocycles. The first-order valence-corrected chi connectivity index (χ1v) is 10.3. The fourth-order valence-electron chi connectivity index (χ4n) is 4.24. The topological polar surface area (TPSA) is 68.9 Å². The van der Waals surface area contributed by atoms with Crippen molar-refractivity contribution in [2.75, 3.05) is 0 Å². The molecule has 2 N–H and O–H groups in total. The van der Waals surface area contributed by atoms with E-state index in [0.29, 0.717) is 6.07 Å². The van der Waals surface area contributed by atoms with Crippen LogP contribution in [0.15, 0.2) is 48.8 Å². The summed E-state index contributed by atoms with van der Waals surface area (Å²) >= 11 is 0. The molecule has 4 rings (SSSR count). The molecule has 31 heavy (non-hydrogen) atoms. The maximum absolute atomic E-state index is 14.2. The largest absolute Gasteiger partial charge is 0.328 e. The molecule has 4 nitrogen and oxygen atoms in total. The van der Waals surface area contributed by atoms with Crippen LogP contribution in [0, 0.1) is 17.5 Å². The quantitative estimate of drug-likeness (QED) is 0.463. The van der Waals surface area contributed by atoms with Gasteiger partial charge in [0.05, 0.1) is 5.69 Å². The fourth-order valence-corrected chi connectivity index (χ4v) is 4.24. The number of benzene rings is 1. The molecule has 0 unspecified atom stereocenters. The number of nitrogens with zero attached hydrogens (tertiary/aromatic N) is 2. The molecule has 0 spiro atoms. The Bertz CT molecular complexity index is 1120. The smallest absolute Gasteiger partial charge is 0.185 e. The van der Waals surface area contributed by atoms with Crippen molar-refractivity contribution >= 4 is 5.78 Å². The van der Waals surface area contributed by atoms with E-state index in [2.05, 4.69) is 9.97 Å². The van der Waals surface area contributed by atoms with Gasteiger partial charge in [0.25, 0.3) is 0 Å². The molecular formula is C24H22F3N3O. The summed E-state index contributed by atoms with van der Waals surface area (Å²) in [5.74, 6) is -3.44. The third-order valence-corrected chi connectivity index (χ3v) is 5.75. The zero-order valence-electron chi connectivity index (χ0n) is 16.8. The van der Waals surface area contributed by atoms with Crippen molar-refractivity contribution in [1.82, 2.24) is 9.97 Å². The van der Waals surface area contributed by atoms with E-state index >= 15 is 0 Å². The highest BCUT2D eigenvalue weighted by atomic mass is 19.2. The van der Waals surface area contributed by atoms with Crippen molar-refractivity contribution in [3.63, 3.8) is 0 Å². The number of pyridine rings is 2. The van der Waals surface area contributed by atoms with Gasteiger partial charge >= 0.3 is 0 Å². The van der Waals surface area contributed by atoms with Crippen LogP contribution in [0.3, 0.4) is 0 Å². The third kappa shape index (κ3) is 4.66. The molecule has 2 heterocycles. The standard InChI is InChI=1S/C24H22F3N3O/c25-16-11-19(24(27)20(26)12-16)21-5-2-6-22(30-21)23(31)10-15-13-29-8-7-18(15)14-3-1-4-17(28)9-14/h2,5-8,11-14,17H,1,3-4,9-10,28H2/t14-,17+/m1/s1. The number of carbonyl (C=O) groups is 1. The molecule has 0 aliphatic heterocycles. The second kappa shape index (κ2) is 8.98. The van der Waals surface area contributed by atoms with Crippen LogP contribution < -0.4 is 5.73 Å².